The van der Waals surface area contributed by atoms with E-state index in [0.29, 0.717) is 54.2 Å². The quantitative estimate of drug-likeness (QED) is 0.390. The minimum Gasteiger partial charge on any atom is -0.495 e. The van der Waals surface area contributed by atoms with Gasteiger partial charge in [-0.1, -0.05) is 29.0 Å². The summed E-state index contributed by atoms with van der Waals surface area (Å²) in [6, 6.07) is 7.82. The van der Waals surface area contributed by atoms with Crippen LogP contribution in [0.25, 0.3) is 6.08 Å². The van der Waals surface area contributed by atoms with Crippen LogP contribution in [0.5, 0.6) is 23.0 Å². The fourth-order valence-corrected chi connectivity index (χ4v) is 5.60. The van der Waals surface area contributed by atoms with E-state index >= 15 is 0 Å². The monoisotopic (exact) mass is 558 g/mol. The maximum absolute atomic E-state index is 13.8. The molecule has 0 N–H and O–H groups in total. The predicted molar refractivity (Wildman–Crippen MR) is 145 cm³/mol. The second-order valence-electron chi connectivity index (χ2n) is 8.15. The summed E-state index contributed by atoms with van der Waals surface area (Å²) in [6.07, 6.45) is 1.73. The maximum atomic E-state index is 13.8. The van der Waals surface area contributed by atoms with Crippen LogP contribution in [-0.2, 0) is 9.53 Å². The van der Waals surface area contributed by atoms with Gasteiger partial charge in [0.15, 0.2) is 16.3 Å². The van der Waals surface area contributed by atoms with Gasteiger partial charge in [0, 0.05) is 0 Å². The molecule has 1 atom stereocenters. The number of nitrogens with zero attached hydrogens (tertiary/aromatic N) is 2. The summed E-state index contributed by atoms with van der Waals surface area (Å²) in [5, 5.41) is 0.421. The molecular formula is C27H27ClN2O7S. The number of halogens is 1. The number of aromatic nitrogens is 1. The summed E-state index contributed by atoms with van der Waals surface area (Å²) in [7, 11) is 6.04. The molecule has 0 unspecified atom stereocenters. The first-order chi connectivity index (χ1) is 18.3. The normalized spacial score (nSPS) is 15.0. The van der Waals surface area contributed by atoms with Crippen LogP contribution in [0.3, 0.4) is 0 Å². The molecule has 0 aliphatic carbocycles. The Morgan fingerprint density at radius 1 is 1.05 bits per heavy atom. The molecule has 3 aromatic rings. The first kappa shape index (κ1) is 27.3. The Hall–Kier alpha value is -3.76. The molecule has 1 aliphatic rings. The van der Waals surface area contributed by atoms with Gasteiger partial charge in [-0.15, -0.1) is 0 Å². The number of methoxy groups -OCH3 is 4. The van der Waals surface area contributed by atoms with E-state index in [1.807, 2.05) is 0 Å². The van der Waals surface area contributed by atoms with Crippen LogP contribution < -0.4 is 33.8 Å². The zero-order valence-corrected chi connectivity index (χ0v) is 23.4. The highest BCUT2D eigenvalue weighted by atomic mass is 35.5. The molecule has 0 radical (unpaired) electrons. The van der Waals surface area contributed by atoms with E-state index in [2.05, 4.69) is 4.99 Å². The number of benzene rings is 2. The number of fused-ring (bicyclic) bond motifs is 1. The van der Waals surface area contributed by atoms with E-state index in [1.54, 1.807) is 50.3 Å². The highest BCUT2D eigenvalue weighted by molar-refractivity contribution is 7.07. The largest absolute Gasteiger partial charge is 0.495 e. The van der Waals surface area contributed by atoms with Crippen LogP contribution in [0.2, 0.25) is 5.02 Å². The van der Waals surface area contributed by atoms with Crippen LogP contribution in [0.15, 0.2) is 51.4 Å². The van der Waals surface area contributed by atoms with Gasteiger partial charge in [0.2, 0.25) is 5.75 Å². The van der Waals surface area contributed by atoms with Crippen LogP contribution in [0.1, 0.15) is 31.0 Å². The zero-order valence-electron chi connectivity index (χ0n) is 21.8. The Labute approximate surface area is 228 Å². The van der Waals surface area contributed by atoms with Crippen molar-refractivity contribution in [2.75, 3.05) is 35.0 Å². The summed E-state index contributed by atoms with van der Waals surface area (Å²) in [6.45, 7) is 3.61. The van der Waals surface area contributed by atoms with Gasteiger partial charge in [0.25, 0.3) is 5.56 Å². The van der Waals surface area contributed by atoms with Gasteiger partial charge >= 0.3 is 5.97 Å². The Morgan fingerprint density at radius 2 is 1.71 bits per heavy atom. The first-order valence-corrected chi connectivity index (χ1v) is 12.8. The second-order valence-corrected chi connectivity index (χ2v) is 9.57. The van der Waals surface area contributed by atoms with Gasteiger partial charge < -0.3 is 23.7 Å². The Morgan fingerprint density at radius 3 is 2.26 bits per heavy atom. The molecule has 38 heavy (non-hydrogen) atoms. The zero-order chi connectivity index (χ0) is 27.6. The molecule has 9 nitrogen and oxygen atoms in total. The lowest BCUT2D eigenvalue weighted by Gasteiger charge is -2.26. The summed E-state index contributed by atoms with van der Waals surface area (Å²) in [4.78, 5) is 32.0. The number of hydrogen-bond acceptors (Lipinski definition) is 9. The first-order valence-electron chi connectivity index (χ1n) is 11.6. The molecule has 1 aliphatic heterocycles. The molecule has 2 aromatic carbocycles. The van der Waals surface area contributed by atoms with Gasteiger partial charge in [0.1, 0.15) is 5.75 Å². The molecule has 0 saturated carbocycles. The number of rotatable bonds is 8. The van der Waals surface area contributed by atoms with Gasteiger partial charge in [0.05, 0.1) is 61.9 Å². The van der Waals surface area contributed by atoms with Crippen LogP contribution in [-0.4, -0.2) is 45.6 Å². The number of allylic oxidation sites excluding steroid dienone is 1. The van der Waals surface area contributed by atoms with E-state index in [-0.39, 0.29) is 17.7 Å². The average Bonchev–Trinajstić information content (AvgIpc) is 3.21. The number of thiazole rings is 1. The van der Waals surface area contributed by atoms with Crippen molar-refractivity contribution in [3.63, 3.8) is 0 Å². The maximum Gasteiger partial charge on any atom is 0.338 e. The summed E-state index contributed by atoms with van der Waals surface area (Å²) in [5.41, 5.74) is 1.65. The van der Waals surface area contributed by atoms with E-state index in [9.17, 15) is 9.59 Å². The second kappa shape index (κ2) is 11.3. The molecular weight excluding hydrogens is 532 g/mol. The molecule has 4 rings (SSSR count). The SMILES string of the molecule is CCOC(=O)C1=C(C)N=c2s/c(=C/c3ccc(OC)c(Cl)c3)c(=O)n2[C@@H]1c1cc(OC)c(OC)c(OC)c1. The van der Waals surface area contributed by atoms with Crippen molar-refractivity contribution in [3.05, 3.63) is 77.4 Å². The van der Waals surface area contributed by atoms with Crippen molar-refractivity contribution >= 4 is 35.0 Å². The smallest absolute Gasteiger partial charge is 0.338 e. The van der Waals surface area contributed by atoms with Gasteiger partial charge in [-0.05, 0) is 55.3 Å². The third-order valence-electron chi connectivity index (χ3n) is 5.99. The van der Waals surface area contributed by atoms with Crippen LogP contribution in [0.4, 0.5) is 0 Å². The number of hydrogen-bond donors (Lipinski definition) is 0. The van der Waals surface area contributed by atoms with Crippen LogP contribution in [0, 0.1) is 0 Å². The number of esters is 1. The molecule has 0 fully saturated rings. The van der Waals surface area contributed by atoms with Crippen molar-refractivity contribution in [1.29, 1.82) is 0 Å². The standard InChI is InChI=1S/C27H27ClN2O7S/c1-7-37-26(32)22-14(2)29-27-30(23(22)16-12-19(34-4)24(36-6)20(13-16)35-5)25(31)21(38-27)11-15-8-9-18(33-3)17(28)10-15/h8-13,23H,7H2,1-6H3/b21-11+/t23-/m1/s1. The van der Waals surface area contributed by atoms with Crippen molar-refractivity contribution < 1.29 is 28.5 Å². The van der Waals surface area contributed by atoms with Crippen molar-refractivity contribution in [1.82, 2.24) is 4.57 Å². The van der Waals surface area contributed by atoms with E-state index in [1.165, 1.54) is 44.3 Å². The summed E-state index contributed by atoms with van der Waals surface area (Å²) < 4.78 is 29.0. The Kier molecular flexibility index (Phi) is 8.13. The summed E-state index contributed by atoms with van der Waals surface area (Å²) in [5.74, 6) is 1.12. The van der Waals surface area contributed by atoms with Crippen molar-refractivity contribution in [2.45, 2.75) is 19.9 Å². The van der Waals surface area contributed by atoms with E-state index in [4.69, 9.17) is 35.3 Å². The lowest BCUT2D eigenvalue weighted by Crippen LogP contribution is -2.40. The molecule has 0 amide bonds. The lowest BCUT2D eigenvalue weighted by molar-refractivity contribution is -0.139. The third-order valence-corrected chi connectivity index (χ3v) is 7.27. The fourth-order valence-electron chi connectivity index (χ4n) is 4.29. The van der Waals surface area contributed by atoms with E-state index < -0.39 is 12.0 Å². The predicted octanol–water partition coefficient (Wildman–Crippen LogP) is 3.49. The molecule has 0 bridgehead atoms. The van der Waals surface area contributed by atoms with Crippen LogP contribution >= 0.6 is 22.9 Å². The summed E-state index contributed by atoms with van der Waals surface area (Å²) >= 11 is 7.50. The van der Waals surface area contributed by atoms with Gasteiger partial charge in [-0.25, -0.2) is 9.79 Å². The van der Waals surface area contributed by atoms with Gasteiger partial charge in [-0.2, -0.15) is 0 Å². The Bertz CT molecular complexity index is 1580. The molecule has 11 heteroatoms. The molecule has 1 aromatic heterocycles. The van der Waals surface area contributed by atoms with Gasteiger partial charge in [-0.3, -0.25) is 9.36 Å². The molecule has 0 saturated heterocycles. The lowest BCUT2D eigenvalue weighted by atomic mass is 9.95. The topological polar surface area (TPSA) is 97.6 Å². The van der Waals surface area contributed by atoms with E-state index in [0.717, 1.165) is 0 Å². The highest BCUT2D eigenvalue weighted by Gasteiger charge is 2.34. The van der Waals surface area contributed by atoms with Crippen molar-refractivity contribution in [3.8, 4) is 23.0 Å². The fraction of sp³-hybridized carbons (Fsp3) is 0.296. The third kappa shape index (κ3) is 4.89. The highest BCUT2D eigenvalue weighted by Crippen LogP contribution is 2.42. The minimum absolute atomic E-state index is 0.167. The average molecular weight is 559 g/mol. The number of carbonyl (C=O) groups excluding carboxylic acids is 1. The molecule has 0 spiro atoms. The minimum atomic E-state index is -0.847. The molecule has 200 valence electrons. The Balaban J connectivity index is 1.99. The molecule has 2 heterocycles. The van der Waals surface area contributed by atoms with Crippen molar-refractivity contribution in [2.24, 2.45) is 4.99 Å². The number of ether oxygens (including phenoxy) is 5. The number of carbonyl (C=O) groups is 1.